The van der Waals surface area contributed by atoms with Gasteiger partial charge in [0.05, 0.1) is 16.9 Å². The number of aromatic carboxylic acids is 1. The molecule has 0 unspecified atom stereocenters. The van der Waals surface area contributed by atoms with Gasteiger partial charge in [-0.2, -0.15) is 10.2 Å². The molecule has 0 aromatic heterocycles. The second-order valence-electron chi connectivity index (χ2n) is 6.31. The smallest absolute Gasteiger partial charge is 0.335 e. The molecule has 0 spiro atoms. The number of carboxylic acids is 1. The molecule has 0 bridgehead atoms. The second-order valence-corrected chi connectivity index (χ2v) is 6.31. The van der Waals surface area contributed by atoms with Gasteiger partial charge in [0.25, 0.3) is 0 Å². The zero-order valence-electron chi connectivity index (χ0n) is 14.5. The highest BCUT2D eigenvalue weighted by Crippen LogP contribution is 2.31. The van der Waals surface area contributed by atoms with Crippen molar-refractivity contribution in [1.82, 2.24) is 0 Å². The maximum atomic E-state index is 10.9. The number of rotatable bonds is 6. The zero-order chi connectivity index (χ0) is 17.6. The average molecular weight is 337 g/mol. The van der Waals surface area contributed by atoms with Crippen LogP contribution in [0.3, 0.4) is 0 Å². The number of benzene rings is 2. The van der Waals surface area contributed by atoms with E-state index in [1.54, 1.807) is 12.1 Å². The van der Waals surface area contributed by atoms with E-state index in [0.717, 1.165) is 25.2 Å². The Balaban J connectivity index is 1.74. The third kappa shape index (κ3) is 4.24. The van der Waals surface area contributed by atoms with Crippen LogP contribution in [-0.4, -0.2) is 24.2 Å². The largest absolute Gasteiger partial charge is 0.478 e. The summed E-state index contributed by atoms with van der Waals surface area (Å²) >= 11 is 0. The van der Waals surface area contributed by atoms with E-state index in [4.69, 9.17) is 5.11 Å². The Labute approximate surface area is 148 Å². The van der Waals surface area contributed by atoms with E-state index in [1.807, 2.05) is 6.07 Å². The molecule has 2 aromatic rings. The van der Waals surface area contributed by atoms with Crippen molar-refractivity contribution in [3.8, 4) is 0 Å². The van der Waals surface area contributed by atoms with E-state index in [2.05, 4.69) is 34.2 Å². The first-order chi connectivity index (χ1) is 12.2. The fraction of sp³-hybridized carbons (Fsp3) is 0.350. The number of carbonyl (C=O) groups is 1. The van der Waals surface area contributed by atoms with Crippen LogP contribution in [0, 0.1) is 0 Å². The zero-order valence-corrected chi connectivity index (χ0v) is 14.5. The predicted molar refractivity (Wildman–Crippen MR) is 99.5 cm³/mol. The van der Waals surface area contributed by atoms with Crippen LogP contribution in [0.5, 0.6) is 0 Å². The van der Waals surface area contributed by atoms with Crippen molar-refractivity contribution < 1.29 is 9.90 Å². The second kappa shape index (κ2) is 7.92. The van der Waals surface area contributed by atoms with Gasteiger partial charge < -0.3 is 10.0 Å². The quantitative estimate of drug-likeness (QED) is 0.722. The van der Waals surface area contributed by atoms with Gasteiger partial charge >= 0.3 is 5.97 Å². The molecule has 25 heavy (non-hydrogen) atoms. The van der Waals surface area contributed by atoms with Crippen LogP contribution in [0.2, 0.25) is 0 Å². The van der Waals surface area contributed by atoms with E-state index in [1.165, 1.54) is 42.6 Å². The first-order valence-corrected chi connectivity index (χ1v) is 8.80. The highest BCUT2D eigenvalue weighted by Gasteiger charge is 2.16. The van der Waals surface area contributed by atoms with Gasteiger partial charge in [0.1, 0.15) is 0 Å². The van der Waals surface area contributed by atoms with Crippen LogP contribution in [0.4, 0.5) is 17.1 Å². The van der Waals surface area contributed by atoms with Gasteiger partial charge in [-0.05, 0) is 67.3 Å². The van der Waals surface area contributed by atoms with Gasteiger partial charge in [0.2, 0.25) is 0 Å². The van der Waals surface area contributed by atoms with E-state index < -0.39 is 5.97 Å². The molecule has 3 rings (SSSR count). The van der Waals surface area contributed by atoms with Crippen molar-refractivity contribution in [1.29, 1.82) is 0 Å². The number of carboxylic acid groups (broad SMARTS) is 1. The molecule has 0 radical (unpaired) electrons. The summed E-state index contributed by atoms with van der Waals surface area (Å²) in [5.74, 6) is -0.939. The molecule has 0 saturated heterocycles. The van der Waals surface area contributed by atoms with Gasteiger partial charge in [0.15, 0.2) is 0 Å². The molecular weight excluding hydrogens is 314 g/mol. The summed E-state index contributed by atoms with van der Waals surface area (Å²) in [6.07, 6.45) is 4.68. The lowest BCUT2D eigenvalue weighted by molar-refractivity contribution is 0.0697. The Morgan fingerprint density at radius 2 is 1.84 bits per heavy atom. The van der Waals surface area contributed by atoms with Gasteiger partial charge in [-0.15, -0.1) is 0 Å². The number of nitrogens with zero attached hydrogens (tertiary/aromatic N) is 3. The number of unbranched alkanes of at least 4 members (excludes halogenated alkanes) is 1. The number of azo groups is 1. The number of hydrogen-bond donors (Lipinski definition) is 1. The minimum absolute atomic E-state index is 0.250. The van der Waals surface area contributed by atoms with Gasteiger partial charge in [-0.1, -0.05) is 13.3 Å². The number of hydrogen-bond acceptors (Lipinski definition) is 4. The first-order valence-electron chi connectivity index (χ1n) is 8.80. The molecule has 1 aliphatic rings. The van der Waals surface area contributed by atoms with Crippen LogP contribution in [0.15, 0.2) is 52.7 Å². The first kappa shape index (κ1) is 17.1. The molecule has 1 N–H and O–H groups in total. The lowest BCUT2D eigenvalue weighted by Gasteiger charge is -2.31. The normalized spacial score (nSPS) is 13.9. The summed E-state index contributed by atoms with van der Waals surface area (Å²) in [5, 5.41) is 17.4. The molecule has 0 atom stereocenters. The summed E-state index contributed by atoms with van der Waals surface area (Å²) in [7, 11) is 0. The Kier molecular flexibility index (Phi) is 5.43. The number of fused-ring (bicyclic) bond motifs is 1. The third-order valence-electron chi connectivity index (χ3n) is 4.45. The van der Waals surface area contributed by atoms with Crippen molar-refractivity contribution in [2.45, 2.75) is 32.6 Å². The highest BCUT2D eigenvalue weighted by atomic mass is 16.4. The average Bonchev–Trinajstić information content (AvgIpc) is 2.64. The SMILES string of the molecule is CCCCN1CCCc2cc(/N=N/c3ccc(C(=O)O)cc3)ccc21. The molecule has 1 heterocycles. The summed E-state index contributed by atoms with van der Waals surface area (Å²) in [6, 6.07) is 12.7. The highest BCUT2D eigenvalue weighted by molar-refractivity contribution is 5.87. The minimum atomic E-state index is -0.939. The van der Waals surface area contributed by atoms with Crippen LogP contribution in [-0.2, 0) is 6.42 Å². The van der Waals surface area contributed by atoms with Crippen molar-refractivity contribution in [2.75, 3.05) is 18.0 Å². The maximum Gasteiger partial charge on any atom is 0.335 e. The summed E-state index contributed by atoms with van der Waals surface area (Å²) < 4.78 is 0. The van der Waals surface area contributed by atoms with Crippen LogP contribution in [0.1, 0.15) is 42.1 Å². The fourth-order valence-electron chi connectivity index (χ4n) is 3.09. The van der Waals surface area contributed by atoms with Gasteiger partial charge in [-0.25, -0.2) is 4.79 Å². The number of anilines is 1. The molecule has 0 fully saturated rings. The fourth-order valence-corrected chi connectivity index (χ4v) is 3.09. The molecule has 0 amide bonds. The summed E-state index contributed by atoms with van der Waals surface area (Å²) in [5.41, 5.74) is 4.38. The molecule has 130 valence electrons. The topological polar surface area (TPSA) is 65.3 Å². The lowest BCUT2D eigenvalue weighted by Crippen LogP contribution is -2.30. The molecule has 1 aliphatic heterocycles. The van der Waals surface area contributed by atoms with Crippen LogP contribution < -0.4 is 4.90 Å². The monoisotopic (exact) mass is 337 g/mol. The number of aryl methyl sites for hydroxylation is 1. The van der Waals surface area contributed by atoms with E-state index in [9.17, 15) is 4.79 Å². The van der Waals surface area contributed by atoms with Gasteiger partial charge in [-0.3, -0.25) is 0 Å². The lowest BCUT2D eigenvalue weighted by atomic mass is 10.0. The Morgan fingerprint density at radius 3 is 2.56 bits per heavy atom. The molecule has 2 aromatic carbocycles. The standard InChI is InChI=1S/C20H23N3O2/c1-2-3-12-23-13-4-5-16-14-18(10-11-19(16)23)22-21-17-8-6-15(7-9-17)20(24)25/h6-11,14H,2-5,12-13H2,1H3,(H,24,25)/b22-21+. The van der Waals surface area contributed by atoms with E-state index in [0.29, 0.717) is 5.69 Å². The van der Waals surface area contributed by atoms with Crippen molar-refractivity contribution >= 4 is 23.0 Å². The predicted octanol–water partition coefficient (Wildman–Crippen LogP) is 5.35. The maximum absolute atomic E-state index is 10.9. The van der Waals surface area contributed by atoms with E-state index in [-0.39, 0.29) is 5.56 Å². The van der Waals surface area contributed by atoms with Crippen LogP contribution >= 0.6 is 0 Å². The van der Waals surface area contributed by atoms with Gasteiger partial charge in [0, 0.05) is 18.8 Å². The molecular formula is C20H23N3O2. The Hall–Kier alpha value is -2.69. The van der Waals surface area contributed by atoms with Crippen LogP contribution in [0.25, 0.3) is 0 Å². The van der Waals surface area contributed by atoms with Crippen molar-refractivity contribution in [2.24, 2.45) is 10.2 Å². The van der Waals surface area contributed by atoms with E-state index >= 15 is 0 Å². The molecule has 5 nitrogen and oxygen atoms in total. The molecule has 0 saturated carbocycles. The molecule has 0 aliphatic carbocycles. The molecule has 5 heteroatoms. The van der Waals surface area contributed by atoms with Crippen molar-refractivity contribution in [3.63, 3.8) is 0 Å². The summed E-state index contributed by atoms with van der Waals surface area (Å²) in [6.45, 7) is 4.46. The summed E-state index contributed by atoms with van der Waals surface area (Å²) in [4.78, 5) is 13.3. The Morgan fingerprint density at radius 1 is 1.12 bits per heavy atom. The third-order valence-corrected chi connectivity index (χ3v) is 4.45. The minimum Gasteiger partial charge on any atom is -0.478 e. The van der Waals surface area contributed by atoms with Crippen molar-refractivity contribution in [3.05, 3.63) is 53.6 Å². The Bertz CT molecular complexity index is 769.